The van der Waals surface area contributed by atoms with Gasteiger partial charge in [-0.15, -0.1) is 0 Å². The lowest BCUT2D eigenvalue weighted by molar-refractivity contribution is -0.139. The number of hydrogen-bond acceptors (Lipinski definition) is 6. The fourth-order valence-corrected chi connectivity index (χ4v) is 4.22. The molecule has 4 rings (SSSR count). The van der Waals surface area contributed by atoms with E-state index in [1.54, 1.807) is 32.3 Å². The Morgan fingerprint density at radius 2 is 1.75 bits per heavy atom. The van der Waals surface area contributed by atoms with Crippen LogP contribution < -0.4 is 24.5 Å². The Morgan fingerprint density at radius 1 is 1.03 bits per heavy atom. The first-order chi connectivity index (χ1) is 15.4. The average Bonchev–Trinajstić information content (AvgIpc) is 3.57. The molecule has 0 spiro atoms. The van der Waals surface area contributed by atoms with Crippen LogP contribution in [0.5, 0.6) is 23.0 Å². The number of amides is 1. The molecule has 1 aromatic heterocycles. The molecule has 172 valence electrons. The monoisotopic (exact) mass is 442 g/mol. The first-order valence-corrected chi connectivity index (χ1v) is 10.9. The number of carbonyl (C=O) groups is 1. The van der Waals surface area contributed by atoms with Crippen LogP contribution in [-0.4, -0.2) is 55.9 Å². The third-order valence-electron chi connectivity index (χ3n) is 6.04. The molecule has 2 aliphatic rings. The second-order valence-electron chi connectivity index (χ2n) is 8.30. The van der Waals surface area contributed by atoms with Crippen molar-refractivity contribution in [3.8, 4) is 23.0 Å². The minimum Gasteiger partial charge on any atom is -0.493 e. The summed E-state index contributed by atoms with van der Waals surface area (Å²) >= 11 is 0. The van der Waals surface area contributed by atoms with Gasteiger partial charge in [0.2, 0.25) is 11.7 Å². The van der Waals surface area contributed by atoms with Crippen LogP contribution in [0.2, 0.25) is 0 Å². The summed E-state index contributed by atoms with van der Waals surface area (Å²) in [5, 5.41) is 0. The molecule has 1 saturated heterocycles. The summed E-state index contributed by atoms with van der Waals surface area (Å²) in [4.78, 5) is 26.8. The second-order valence-corrected chi connectivity index (χ2v) is 8.30. The van der Waals surface area contributed by atoms with Gasteiger partial charge in [0, 0.05) is 24.2 Å². The van der Waals surface area contributed by atoms with Crippen molar-refractivity contribution in [1.29, 1.82) is 0 Å². The number of methoxy groups -OCH3 is 3. The van der Waals surface area contributed by atoms with Crippen molar-refractivity contribution in [1.82, 2.24) is 9.47 Å². The summed E-state index contributed by atoms with van der Waals surface area (Å²) in [5.41, 5.74) is 1.79. The number of nitrogens with zero attached hydrogens (tertiary/aromatic N) is 2. The molecule has 1 aromatic carbocycles. The zero-order valence-corrected chi connectivity index (χ0v) is 19.1. The molecule has 0 atom stereocenters. The molecule has 1 aliphatic heterocycles. The van der Waals surface area contributed by atoms with Crippen molar-refractivity contribution in [3.05, 3.63) is 45.9 Å². The van der Waals surface area contributed by atoms with E-state index in [1.807, 2.05) is 29.7 Å². The van der Waals surface area contributed by atoms with Gasteiger partial charge >= 0.3 is 0 Å². The Bertz CT molecular complexity index is 1050. The van der Waals surface area contributed by atoms with Gasteiger partial charge < -0.3 is 28.4 Å². The highest BCUT2D eigenvalue weighted by molar-refractivity contribution is 5.77. The highest BCUT2D eigenvalue weighted by Crippen LogP contribution is 2.40. The van der Waals surface area contributed by atoms with Gasteiger partial charge in [-0.05, 0) is 43.9 Å². The quantitative estimate of drug-likeness (QED) is 0.594. The Morgan fingerprint density at radius 3 is 2.34 bits per heavy atom. The molecule has 0 N–H and O–H groups in total. The third-order valence-corrected chi connectivity index (χ3v) is 6.04. The van der Waals surface area contributed by atoms with Crippen LogP contribution in [0.15, 0.2) is 29.1 Å². The predicted octanol–water partition coefficient (Wildman–Crippen LogP) is 2.74. The van der Waals surface area contributed by atoms with Gasteiger partial charge in [0.25, 0.3) is 5.56 Å². The van der Waals surface area contributed by atoms with Crippen LogP contribution in [-0.2, 0) is 11.2 Å². The van der Waals surface area contributed by atoms with E-state index in [0.717, 1.165) is 24.1 Å². The molecule has 1 amide bonds. The first kappa shape index (κ1) is 22.0. The fourth-order valence-electron chi connectivity index (χ4n) is 4.22. The minimum absolute atomic E-state index is 0.0152. The van der Waals surface area contributed by atoms with E-state index in [2.05, 4.69) is 0 Å². The normalized spacial score (nSPS) is 15.8. The minimum atomic E-state index is -0.0925. The maximum atomic E-state index is 12.6. The lowest BCUT2D eigenvalue weighted by Crippen LogP contribution is -2.56. The van der Waals surface area contributed by atoms with Gasteiger partial charge in [-0.25, -0.2) is 0 Å². The standard InChI is InChI=1S/C24H30N2O6/c1-15-11-18(12-22(28)26(15)17-7-8-17)32-19-13-25(14-19)21(27)10-6-16-5-9-20(29-2)24(31-4)23(16)30-3/h5,9,11-12,17,19H,6-8,10,13-14H2,1-4H3. The number of benzene rings is 1. The molecule has 2 heterocycles. The summed E-state index contributed by atoms with van der Waals surface area (Å²) in [5.74, 6) is 2.33. The molecule has 32 heavy (non-hydrogen) atoms. The van der Waals surface area contributed by atoms with Crippen molar-refractivity contribution in [2.75, 3.05) is 34.4 Å². The van der Waals surface area contributed by atoms with Crippen molar-refractivity contribution < 1.29 is 23.7 Å². The first-order valence-electron chi connectivity index (χ1n) is 10.9. The van der Waals surface area contributed by atoms with Gasteiger partial charge in [-0.1, -0.05) is 6.07 Å². The summed E-state index contributed by atoms with van der Waals surface area (Å²) in [7, 11) is 4.71. The van der Waals surface area contributed by atoms with Crippen molar-refractivity contribution in [3.63, 3.8) is 0 Å². The van der Waals surface area contributed by atoms with Gasteiger partial charge in [-0.3, -0.25) is 9.59 Å². The highest BCUT2D eigenvalue weighted by atomic mass is 16.5. The number of pyridine rings is 1. The Labute approximate surface area is 187 Å². The van der Waals surface area contributed by atoms with E-state index in [9.17, 15) is 9.59 Å². The number of aryl methyl sites for hydroxylation is 2. The van der Waals surface area contributed by atoms with Gasteiger partial charge in [0.1, 0.15) is 11.9 Å². The molecule has 8 heteroatoms. The van der Waals surface area contributed by atoms with E-state index < -0.39 is 0 Å². The second kappa shape index (κ2) is 9.14. The molecule has 1 saturated carbocycles. The number of ether oxygens (including phenoxy) is 4. The molecule has 1 aliphatic carbocycles. The van der Waals surface area contributed by atoms with E-state index in [0.29, 0.717) is 55.0 Å². The summed E-state index contributed by atoms with van der Waals surface area (Å²) in [6.45, 7) is 2.98. The van der Waals surface area contributed by atoms with Crippen LogP contribution in [0.4, 0.5) is 0 Å². The Kier molecular flexibility index (Phi) is 6.30. The lowest BCUT2D eigenvalue weighted by Gasteiger charge is -2.39. The molecule has 8 nitrogen and oxygen atoms in total. The number of rotatable bonds is 9. The molecule has 2 aromatic rings. The maximum Gasteiger partial charge on any atom is 0.254 e. The Balaban J connectivity index is 1.30. The zero-order chi connectivity index (χ0) is 22.8. The zero-order valence-electron chi connectivity index (χ0n) is 19.1. The van der Waals surface area contributed by atoms with Crippen LogP contribution in [0, 0.1) is 6.92 Å². The van der Waals surface area contributed by atoms with Crippen LogP contribution in [0.25, 0.3) is 0 Å². The topological polar surface area (TPSA) is 79.2 Å². The molecule has 2 fully saturated rings. The number of hydrogen-bond donors (Lipinski definition) is 0. The van der Waals surface area contributed by atoms with Crippen molar-refractivity contribution in [2.45, 2.75) is 44.8 Å². The van der Waals surface area contributed by atoms with Crippen LogP contribution in [0.3, 0.4) is 0 Å². The predicted molar refractivity (Wildman–Crippen MR) is 119 cm³/mol. The van der Waals surface area contributed by atoms with Gasteiger partial charge in [0.15, 0.2) is 11.5 Å². The molecular weight excluding hydrogens is 412 g/mol. The molecule has 0 bridgehead atoms. The largest absolute Gasteiger partial charge is 0.493 e. The van der Waals surface area contributed by atoms with E-state index in [-0.39, 0.29) is 17.6 Å². The number of aromatic nitrogens is 1. The SMILES string of the molecule is COc1ccc(CCC(=O)N2CC(Oc3cc(C)n(C4CC4)c(=O)c3)C2)c(OC)c1OC. The van der Waals surface area contributed by atoms with Crippen molar-refractivity contribution >= 4 is 5.91 Å². The van der Waals surface area contributed by atoms with E-state index in [1.165, 1.54) is 0 Å². The number of likely N-dealkylation sites (tertiary alicyclic amines) is 1. The maximum absolute atomic E-state index is 12.6. The lowest BCUT2D eigenvalue weighted by atomic mass is 10.0. The van der Waals surface area contributed by atoms with Crippen LogP contribution in [0.1, 0.15) is 36.6 Å². The van der Waals surface area contributed by atoms with Crippen molar-refractivity contribution in [2.24, 2.45) is 0 Å². The third kappa shape index (κ3) is 4.40. The van der Waals surface area contributed by atoms with Crippen LogP contribution >= 0.6 is 0 Å². The highest BCUT2D eigenvalue weighted by Gasteiger charge is 2.33. The number of carbonyl (C=O) groups excluding carboxylic acids is 1. The summed E-state index contributed by atoms with van der Waals surface area (Å²) in [6, 6.07) is 7.51. The van der Waals surface area contributed by atoms with E-state index in [4.69, 9.17) is 18.9 Å². The summed E-state index contributed by atoms with van der Waals surface area (Å²) < 4.78 is 24.0. The summed E-state index contributed by atoms with van der Waals surface area (Å²) in [6.07, 6.45) is 2.93. The fraction of sp³-hybridized carbons (Fsp3) is 0.500. The molecule has 0 radical (unpaired) electrons. The average molecular weight is 443 g/mol. The van der Waals surface area contributed by atoms with Gasteiger partial charge in [0.05, 0.1) is 34.4 Å². The smallest absolute Gasteiger partial charge is 0.254 e. The van der Waals surface area contributed by atoms with Gasteiger partial charge in [-0.2, -0.15) is 0 Å². The molecular formula is C24H30N2O6. The Hall–Kier alpha value is -3.16. The van der Waals surface area contributed by atoms with E-state index >= 15 is 0 Å². The molecule has 0 unspecified atom stereocenters.